The minimum absolute atomic E-state index is 0.204. The van der Waals surface area contributed by atoms with E-state index in [1.165, 1.54) is 28.3 Å². The molecular formula is C21H18BrNO. The molecule has 2 nitrogen and oxygen atoms in total. The van der Waals surface area contributed by atoms with Crippen LogP contribution in [0.4, 0.5) is 0 Å². The molecule has 2 atom stereocenters. The number of benzene rings is 3. The summed E-state index contributed by atoms with van der Waals surface area (Å²) in [5.41, 5.74) is 2.66. The largest absolute Gasteiger partial charge is 0.475 e. The first kappa shape index (κ1) is 14.5. The quantitative estimate of drug-likeness (QED) is 0.552. The average Bonchev–Trinajstić information content (AvgIpc) is 3.08. The predicted molar refractivity (Wildman–Crippen MR) is 100 cm³/mol. The number of hydrogen-bond donors (Lipinski definition) is 0. The second-order valence-corrected chi connectivity index (χ2v) is 7.52. The number of hydrogen-bond acceptors (Lipinski definition) is 2. The lowest BCUT2D eigenvalue weighted by molar-refractivity contribution is 0.0176. The third-order valence-electron chi connectivity index (χ3n) is 5.20. The monoisotopic (exact) mass is 379 g/mol. The van der Waals surface area contributed by atoms with E-state index in [0.717, 1.165) is 23.2 Å². The molecule has 0 aromatic heterocycles. The van der Waals surface area contributed by atoms with Gasteiger partial charge in [0.15, 0.2) is 6.23 Å². The molecule has 0 aliphatic carbocycles. The van der Waals surface area contributed by atoms with Crippen molar-refractivity contribution in [1.29, 1.82) is 0 Å². The molecule has 1 saturated heterocycles. The first-order valence-electron chi connectivity index (χ1n) is 8.51. The SMILES string of the molecule is Brc1ccc2c3c(ccc2c1)OC1CCCN1C3c1ccccc1. The molecule has 24 heavy (non-hydrogen) atoms. The number of nitrogens with zero attached hydrogens (tertiary/aromatic N) is 1. The molecule has 0 amide bonds. The Labute approximate surface area is 150 Å². The Morgan fingerprint density at radius 1 is 1.00 bits per heavy atom. The molecule has 120 valence electrons. The third-order valence-corrected chi connectivity index (χ3v) is 5.70. The lowest BCUT2D eigenvalue weighted by Gasteiger charge is -2.40. The van der Waals surface area contributed by atoms with E-state index in [-0.39, 0.29) is 12.3 Å². The molecule has 2 unspecified atom stereocenters. The van der Waals surface area contributed by atoms with Crippen LogP contribution in [0.25, 0.3) is 10.8 Å². The summed E-state index contributed by atoms with van der Waals surface area (Å²) < 4.78 is 7.47. The summed E-state index contributed by atoms with van der Waals surface area (Å²) in [6.07, 6.45) is 2.52. The smallest absolute Gasteiger partial charge is 0.153 e. The van der Waals surface area contributed by atoms with Gasteiger partial charge in [-0.05, 0) is 47.4 Å². The van der Waals surface area contributed by atoms with Crippen LogP contribution in [0.15, 0.2) is 65.1 Å². The van der Waals surface area contributed by atoms with Crippen LogP contribution in [-0.2, 0) is 0 Å². The molecule has 1 fully saturated rings. The van der Waals surface area contributed by atoms with E-state index in [0.29, 0.717) is 0 Å². The zero-order chi connectivity index (χ0) is 16.1. The summed E-state index contributed by atoms with van der Waals surface area (Å²) in [4.78, 5) is 2.53. The second kappa shape index (κ2) is 5.61. The van der Waals surface area contributed by atoms with Gasteiger partial charge in [0.1, 0.15) is 5.75 Å². The van der Waals surface area contributed by atoms with Gasteiger partial charge in [0.25, 0.3) is 0 Å². The minimum Gasteiger partial charge on any atom is -0.475 e. The number of rotatable bonds is 1. The van der Waals surface area contributed by atoms with Crippen molar-refractivity contribution in [2.75, 3.05) is 6.54 Å². The Kier molecular flexibility index (Phi) is 3.39. The van der Waals surface area contributed by atoms with Gasteiger partial charge in [-0.1, -0.05) is 58.4 Å². The molecule has 5 rings (SSSR count). The second-order valence-electron chi connectivity index (χ2n) is 6.61. The van der Waals surface area contributed by atoms with E-state index in [2.05, 4.69) is 81.5 Å². The van der Waals surface area contributed by atoms with Crippen molar-refractivity contribution < 1.29 is 4.74 Å². The maximum Gasteiger partial charge on any atom is 0.153 e. The van der Waals surface area contributed by atoms with Crippen LogP contribution in [0.2, 0.25) is 0 Å². The van der Waals surface area contributed by atoms with E-state index in [9.17, 15) is 0 Å². The molecule has 2 aliphatic heterocycles. The first-order valence-corrected chi connectivity index (χ1v) is 9.30. The zero-order valence-electron chi connectivity index (χ0n) is 13.3. The van der Waals surface area contributed by atoms with Gasteiger partial charge in [-0.25, -0.2) is 0 Å². The van der Waals surface area contributed by atoms with Crippen molar-refractivity contribution in [3.05, 3.63) is 76.3 Å². The molecule has 0 N–H and O–H groups in total. The van der Waals surface area contributed by atoms with Crippen LogP contribution < -0.4 is 4.74 Å². The van der Waals surface area contributed by atoms with Crippen molar-refractivity contribution in [1.82, 2.24) is 4.90 Å². The van der Waals surface area contributed by atoms with Crippen molar-refractivity contribution >= 4 is 26.7 Å². The van der Waals surface area contributed by atoms with Crippen LogP contribution >= 0.6 is 15.9 Å². The topological polar surface area (TPSA) is 12.5 Å². The van der Waals surface area contributed by atoms with Gasteiger partial charge in [0.05, 0.1) is 6.04 Å². The Balaban J connectivity index is 1.79. The number of halogens is 1. The highest BCUT2D eigenvalue weighted by Gasteiger charge is 2.40. The summed E-state index contributed by atoms with van der Waals surface area (Å²) in [7, 11) is 0. The summed E-state index contributed by atoms with van der Waals surface area (Å²) in [6.45, 7) is 1.09. The molecule has 3 aromatic carbocycles. The van der Waals surface area contributed by atoms with Crippen LogP contribution in [0.3, 0.4) is 0 Å². The zero-order valence-corrected chi connectivity index (χ0v) is 14.9. The summed E-state index contributed by atoms with van der Waals surface area (Å²) >= 11 is 3.59. The van der Waals surface area contributed by atoms with Gasteiger partial charge in [-0.2, -0.15) is 0 Å². The molecule has 0 bridgehead atoms. The fraction of sp³-hybridized carbons (Fsp3) is 0.238. The van der Waals surface area contributed by atoms with Gasteiger partial charge < -0.3 is 4.74 Å². The lowest BCUT2D eigenvalue weighted by atomic mass is 9.90. The maximum atomic E-state index is 6.36. The van der Waals surface area contributed by atoms with Gasteiger partial charge in [0.2, 0.25) is 0 Å². The molecule has 3 aromatic rings. The van der Waals surface area contributed by atoms with Gasteiger partial charge in [-0.15, -0.1) is 0 Å². The van der Waals surface area contributed by atoms with Gasteiger partial charge >= 0.3 is 0 Å². The van der Waals surface area contributed by atoms with Crippen molar-refractivity contribution in [3.8, 4) is 5.75 Å². The van der Waals surface area contributed by atoms with Gasteiger partial charge in [-0.3, -0.25) is 4.90 Å². The minimum atomic E-state index is 0.204. The Morgan fingerprint density at radius 3 is 2.75 bits per heavy atom. The lowest BCUT2D eigenvalue weighted by Crippen LogP contribution is -2.41. The molecule has 2 heterocycles. The van der Waals surface area contributed by atoms with Crippen LogP contribution in [-0.4, -0.2) is 17.7 Å². The van der Waals surface area contributed by atoms with E-state index in [4.69, 9.17) is 4.74 Å². The Morgan fingerprint density at radius 2 is 1.88 bits per heavy atom. The average molecular weight is 380 g/mol. The highest BCUT2D eigenvalue weighted by molar-refractivity contribution is 9.10. The highest BCUT2D eigenvalue weighted by atomic mass is 79.9. The summed E-state index contributed by atoms with van der Waals surface area (Å²) in [5.74, 6) is 1.04. The van der Waals surface area contributed by atoms with Crippen LogP contribution in [0, 0.1) is 0 Å². The Bertz CT molecular complexity index is 908. The summed E-state index contributed by atoms with van der Waals surface area (Å²) in [5, 5.41) is 2.54. The van der Waals surface area contributed by atoms with Crippen molar-refractivity contribution in [2.24, 2.45) is 0 Å². The van der Waals surface area contributed by atoms with E-state index >= 15 is 0 Å². The van der Waals surface area contributed by atoms with Crippen molar-refractivity contribution in [2.45, 2.75) is 25.1 Å². The molecule has 3 heteroatoms. The molecule has 2 aliphatic rings. The van der Waals surface area contributed by atoms with E-state index < -0.39 is 0 Å². The normalized spacial score (nSPS) is 22.9. The van der Waals surface area contributed by atoms with Crippen molar-refractivity contribution in [3.63, 3.8) is 0 Å². The Hall–Kier alpha value is -1.84. The third kappa shape index (κ3) is 2.19. The molecule has 0 saturated carbocycles. The maximum absolute atomic E-state index is 6.36. The van der Waals surface area contributed by atoms with Crippen LogP contribution in [0.1, 0.15) is 30.0 Å². The van der Waals surface area contributed by atoms with E-state index in [1.807, 2.05) is 0 Å². The molecule has 0 spiro atoms. The fourth-order valence-electron chi connectivity index (χ4n) is 4.18. The first-order chi connectivity index (χ1) is 11.8. The number of fused-ring (bicyclic) bond motifs is 4. The van der Waals surface area contributed by atoms with Gasteiger partial charge in [0, 0.05) is 16.6 Å². The van der Waals surface area contributed by atoms with Crippen LogP contribution in [0.5, 0.6) is 5.75 Å². The highest BCUT2D eigenvalue weighted by Crippen LogP contribution is 2.47. The van der Waals surface area contributed by atoms with E-state index in [1.54, 1.807) is 0 Å². The number of ether oxygens (including phenoxy) is 1. The standard InChI is InChI=1S/C21H18BrNO/c22-16-9-10-17-15(13-16)8-11-18-20(17)21(14-5-2-1-3-6-14)23-12-4-7-19(23)24-18/h1-3,5-6,8-11,13,19,21H,4,7,12H2. The molecule has 0 radical (unpaired) electrons. The molecular weight excluding hydrogens is 362 g/mol. The summed E-state index contributed by atoms with van der Waals surface area (Å²) in [6, 6.07) is 22.0. The fourth-order valence-corrected chi connectivity index (χ4v) is 4.55. The predicted octanol–water partition coefficient (Wildman–Crippen LogP) is 5.51.